The summed E-state index contributed by atoms with van der Waals surface area (Å²) in [6.07, 6.45) is 0. The van der Waals surface area contributed by atoms with Crippen LogP contribution in [0.3, 0.4) is 0 Å². The molecule has 0 unspecified atom stereocenters. The lowest BCUT2D eigenvalue weighted by atomic mass is 10.1. The number of nitrogens with zero attached hydrogens (tertiary/aromatic N) is 2. The van der Waals surface area contributed by atoms with Gasteiger partial charge in [0.15, 0.2) is 5.82 Å². The largest absolute Gasteiger partial charge is 0.438 e. The van der Waals surface area contributed by atoms with Gasteiger partial charge in [-0.25, -0.2) is 0 Å². The van der Waals surface area contributed by atoms with Gasteiger partial charge in [-0.05, 0) is 67.4 Å². The molecule has 0 saturated carbocycles. The molecule has 0 aliphatic heterocycles. The third-order valence-electron chi connectivity index (χ3n) is 3.87. The highest BCUT2D eigenvalue weighted by atomic mass is 16.5. The number of benzene rings is 2. The van der Waals surface area contributed by atoms with E-state index in [4.69, 9.17) is 21.5 Å². The highest BCUT2D eigenvalue weighted by molar-refractivity contribution is 5.69. The number of anilines is 4. The zero-order chi connectivity index (χ0) is 18.7. The van der Waals surface area contributed by atoms with Crippen LogP contribution in [0.2, 0.25) is 0 Å². The standard InChI is InChI=1S/C20H19N5O/c1-12-9-15(22)10-13(2)19(12)26-18-8-7-17(23)20(25-18)24-16-5-3-14(11-21)4-6-16/h3-10H,22-23H2,1-2H3,(H,24,25). The minimum atomic E-state index is 0.423. The van der Waals surface area contributed by atoms with Crippen LogP contribution in [0.4, 0.5) is 22.9 Å². The smallest absolute Gasteiger partial charge is 0.221 e. The minimum Gasteiger partial charge on any atom is -0.438 e. The number of ether oxygens (including phenoxy) is 1. The van der Waals surface area contributed by atoms with Crippen molar-refractivity contribution in [2.24, 2.45) is 0 Å². The number of rotatable bonds is 4. The van der Waals surface area contributed by atoms with E-state index in [1.54, 1.807) is 36.4 Å². The summed E-state index contributed by atoms with van der Waals surface area (Å²) in [5, 5.41) is 12.0. The number of nitrogen functional groups attached to an aromatic ring is 2. The van der Waals surface area contributed by atoms with Crippen molar-refractivity contribution in [1.82, 2.24) is 4.98 Å². The molecule has 6 nitrogen and oxygen atoms in total. The van der Waals surface area contributed by atoms with E-state index in [2.05, 4.69) is 16.4 Å². The van der Waals surface area contributed by atoms with Gasteiger partial charge in [0, 0.05) is 17.4 Å². The number of aryl methyl sites for hydroxylation is 2. The molecule has 6 heteroatoms. The fourth-order valence-corrected chi connectivity index (χ4v) is 2.62. The van der Waals surface area contributed by atoms with E-state index in [1.807, 2.05) is 26.0 Å². The second-order valence-corrected chi connectivity index (χ2v) is 5.99. The van der Waals surface area contributed by atoms with Crippen molar-refractivity contribution in [3.05, 3.63) is 65.2 Å². The molecule has 0 radical (unpaired) electrons. The van der Waals surface area contributed by atoms with E-state index in [-0.39, 0.29) is 0 Å². The number of nitrogens with one attached hydrogen (secondary N) is 1. The van der Waals surface area contributed by atoms with E-state index >= 15 is 0 Å². The molecule has 0 spiro atoms. The first-order chi connectivity index (χ1) is 12.5. The third kappa shape index (κ3) is 3.68. The van der Waals surface area contributed by atoms with E-state index in [1.165, 1.54) is 0 Å². The molecule has 26 heavy (non-hydrogen) atoms. The predicted octanol–water partition coefficient (Wildman–Crippen LogP) is 4.27. The molecule has 0 aliphatic carbocycles. The summed E-state index contributed by atoms with van der Waals surface area (Å²) in [4.78, 5) is 4.46. The number of aromatic nitrogens is 1. The van der Waals surface area contributed by atoms with Crippen molar-refractivity contribution in [1.29, 1.82) is 5.26 Å². The summed E-state index contributed by atoms with van der Waals surface area (Å²) in [7, 11) is 0. The molecule has 0 bridgehead atoms. The second-order valence-electron chi connectivity index (χ2n) is 5.99. The van der Waals surface area contributed by atoms with Crippen LogP contribution in [0.25, 0.3) is 0 Å². The van der Waals surface area contributed by atoms with Gasteiger partial charge >= 0.3 is 0 Å². The molecule has 0 aliphatic rings. The SMILES string of the molecule is Cc1cc(N)cc(C)c1Oc1ccc(N)c(Nc2ccc(C#N)cc2)n1. The van der Waals surface area contributed by atoms with E-state index in [0.717, 1.165) is 22.6 Å². The first-order valence-corrected chi connectivity index (χ1v) is 8.04. The van der Waals surface area contributed by atoms with Crippen LogP contribution >= 0.6 is 0 Å². The van der Waals surface area contributed by atoms with Gasteiger partial charge in [0.05, 0.1) is 17.3 Å². The van der Waals surface area contributed by atoms with Crippen LogP contribution in [-0.4, -0.2) is 4.98 Å². The Kier molecular flexibility index (Phi) is 4.63. The van der Waals surface area contributed by atoms with Gasteiger partial charge < -0.3 is 21.5 Å². The van der Waals surface area contributed by atoms with Crippen LogP contribution < -0.4 is 21.5 Å². The van der Waals surface area contributed by atoms with Crippen molar-refractivity contribution < 1.29 is 4.74 Å². The van der Waals surface area contributed by atoms with Gasteiger partial charge in [-0.15, -0.1) is 0 Å². The lowest BCUT2D eigenvalue weighted by Gasteiger charge is -2.14. The molecule has 1 heterocycles. The molecule has 3 rings (SSSR count). The Morgan fingerprint density at radius 3 is 2.27 bits per heavy atom. The molecule has 0 fully saturated rings. The van der Waals surface area contributed by atoms with E-state index in [9.17, 15) is 0 Å². The molecule has 0 saturated heterocycles. The third-order valence-corrected chi connectivity index (χ3v) is 3.87. The molecule has 130 valence electrons. The molecular weight excluding hydrogens is 326 g/mol. The average molecular weight is 345 g/mol. The fraction of sp³-hybridized carbons (Fsp3) is 0.100. The Bertz CT molecular complexity index is 967. The molecule has 5 N–H and O–H groups in total. The maximum atomic E-state index is 8.87. The van der Waals surface area contributed by atoms with Gasteiger partial charge in [0.1, 0.15) is 5.75 Å². The summed E-state index contributed by atoms with van der Waals surface area (Å²) >= 11 is 0. The van der Waals surface area contributed by atoms with Crippen LogP contribution in [0, 0.1) is 25.2 Å². The zero-order valence-electron chi connectivity index (χ0n) is 14.6. The van der Waals surface area contributed by atoms with Crippen LogP contribution in [-0.2, 0) is 0 Å². The van der Waals surface area contributed by atoms with Crippen molar-refractivity contribution in [3.63, 3.8) is 0 Å². The molecule has 1 aromatic heterocycles. The summed E-state index contributed by atoms with van der Waals surface area (Å²) in [6.45, 7) is 3.87. The number of nitrogens with two attached hydrogens (primary N) is 2. The van der Waals surface area contributed by atoms with Gasteiger partial charge in [0.2, 0.25) is 5.88 Å². The second kappa shape index (κ2) is 7.03. The van der Waals surface area contributed by atoms with Gasteiger partial charge in [-0.2, -0.15) is 10.2 Å². The Labute approximate surface area is 152 Å². The lowest BCUT2D eigenvalue weighted by Crippen LogP contribution is -2.01. The maximum absolute atomic E-state index is 8.87. The van der Waals surface area contributed by atoms with Crippen molar-refractivity contribution >= 4 is 22.9 Å². The summed E-state index contributed by atoms with van der Waals surface area (Å²) in [5.41, 5.74) is 16.3. The topological polar surface area (TPSA) is 110 Å². The monoisotopic (exact) mass is 345 g/mol. The van der Waals surface area contributed by atoms with Crippen LogP contribution in [0.5, 0.6) is 11.6 Å². The quantitative estimate of drug-likeness (QED) is 0.609. The average Bonchev–Trinajstić information content (AvgIpc) is 2.61. The summed E-state index contributed by atoms with van der Waals surface area (Å²) in [6, 6.07) is 16.3. The highest BCUT2D eigenvalue weighted by Crippen LogP contribution is 2.32. The van der Waals surface area contributed by atoms with Crippen molar-refractivity contribution in [2.75, 3.05) is 16.8 Å². The highest BCUT2D eigenvalue weighted by Gasteiger charge is 2.10. The fourth-order valence-electron chi connectivity index (χ4n) is 2.62. The molecule has 3 aromatic rings. The first-order valence-electron chi connectivity index (χ1n) is 8.04. The summed E-state index contributed by atoms with van der Waals surface area (Å²) in [5.74, 6) is 1.63. The summed E-state index contributed by atoms with van der Waals surface area (Å²) < 4.78 is 5.96. The maximum Gasteiger partial charge on any atom is 0.221 e. The van der Waals surface area contributed by atoms with Crippen molar-refractivity contribution in [3.8, 4) is 17.7 Å². The zero-order valence-corrected chi connectivity index (χ0v) is 14.6. The molecule has 0 atom stereocenters. The van der Waals surface area contributed by atoms with E-state index < -0.39 is 0 Å². The minimum absolute atomic E-state index is 0.423. The van der Waals surface area contributed by atoms with E-state index in [0.29, 0.717) is 28.6 Å². The van der Waals surface area contributed by atoms with Gasteiger partial charge in [0.25, 0.3) is 0 Å². The molecule has 0 amide bonds. The number of nitriles is 1. The van der Waals surface area contributed by atoms with Crippen molar-refractivity contribution in [2.45, 2.75) is 13.8 Å². The number of pyridine rings is 1. The Morgan fingerprint density at radius 1 is 1.00 bits per heavy atom. The predicted molar refractivity (Wildman–Crippen MR) is 103 cm³/mol. The van der Waals surface area contributed by atoms with Crippen LogP contribution in [0.1, 0.15) is 16.7 Å². The first kappa shape index (κ1) is 17.1. The van der Waals surface area contributed by atoms with Gasteiger partial charge in [-0.1, -0.05) is 0 Å². The number of hydrogen-bond donors (Lipinski definition) is 3. The molecule has 2 aromatic carbocycles. The van der Waals surface area contributed by atoms with Crippen LogP contribution in [0.15, 0.2) is 48.5 Å². The Morgan fingerprint density at radius 2 is 1.65 bits per heavy atom. The normalized spacial score (nSPS) is 10.2. The van der Waals surface area contributed by atoms with Gasteiger partial charge in [-0.3, -0.25) is 0 Å². The Balaban J connectivity index is 1.87. The molecular formula is C20H19N5O. The Hall–Kier alpha value is -3.72. The lowest BCUT2D eigenvalue weighted by molar-refractivity contribution is 0.457. The number of hydrogen-bond acceptors (Lipinski definition) is 6.